The number of nitrogens with zero attached hydrogens (tertiary/aromatic N) is 2. The van der Waals surface area contributed by atoms with Crippen LogP contribution in [0.15, 0.2) is 283 Å². The summed E-state index contributed by atoms with van der Waals surface area (Å²) < 4.78 is 9.17. The molecule has 2 aliphatic carbocycles. The summed E-state index contributed by atoms with van der Waals surface area (Å²) >= 11 is 0. The molecular formula is C74H46N2O. The Morgan fingerprint density at radius 2 is 0.818 bits per heavy atom. The molecule has 3 heterocycles. The summed E-state index contributed by atoms with van der Waals surface area (Å²) in [5.41, 5.74) is 24.9. The highest BCUT2D eigenvalue weighted by atomic mass is 16.3. The Morgan fingerprint density at radius 3 is 1.53 bits per heavy atom. The third-order valence-electron chi connectivity index (χ3n) is 17.5. The minimum Gasteiger partial charge on any atom is -0.455 e. The van der Waals surface area contributed by atoms with Gasteiger partial charge in [0.1, 0.15) is 11.2 Å². The van der Waals surface area contributed by atoms with E-state index in [1.165, 1.54) is 94.3 Å². The van der Waals surface area contributed by atoms with Crippen molar-refractivity contribution in [3.8, 4) is 39.1 Å². The van der Waals surface area contributed by atoms with Crippen LogP contribution in [0.3, 0.4) is 0 Å². The molecule has 0 fully saturated rings. The van der Waals surface area contributed by atoms with Gasteiger partial charge in [0.2, 0.25) is 0 Å². The van der Waals surface area contributed by atoms with E-state index >= 15 is 0 Å². The smallest absolute Gasteiger partial charge is 0.143 e. The highest BCUT2D eigenvalue weighted by Crippen LogP contribution is 2.65. The van der Waals surface area contributed by atoms with Crippen molar-refractivity contribution >= 4 is 60.8 Å². The average molecular weight is 979 g/mol. The summed E-state index contributed by atoms with van der Waals surface area (Å²) in [6.45, 7) is 0. The van der Waals surface area contributed by atoms with E-state index in [0.29, 0.717) is 0 Å². The molecule has 14 aromatic rings. The standard InChI is InChI=1S/C74H46N2O/c1-3-21-48(22-4-1)73(49-23-5-2-6-24-49)58-32-11-7-27-56(58)69-61(73)35-19-40-66(69)75(50-45-43-47(44-46-50)51-29-17-31-55-53-26-10-16-42-68(53)77-72(51)55)67-41-20-36-62-70(67)57-28-8-12-33-59(57)74(62)60-34-13-15-39-65(60)76-64-38-14-9-25-52(64)54-30-18-37-63(74)71(54)76/h1-46H. The molecular weight excluding hydrogens is 933 g/mol. The van der Waals surface area contributed by atoms with Crippen LogP contribution in [0.25, 0.3) is 82.8 Å². The number of anilines is 3. The van der Waals surface area contributed by atoms with Gasteiger partial charge in [0.25, 0.3) is 0 Å². The number of benzene rings is 12. The molecule has 3 aliphatic rings. The lowest BCUT2D eigenvalue weighted by Gasteiger charge is -2.39. The first kappa shape index (κ1) is 42.4. The van der Waals surface area contributed by atoms with Crippen molar-refractivity contribution in [2.45, 2.75) is 10.8 Å². The van der Waals surface area contributed by atoms with E-state index in [-0.39, 0.29) is 0 Å². The van der Waals surface area contributed by atoms with Crippen LogP contribution in [0, 0.1) is 0 Å². The van der Waals surface area contributed by atoms with E-state index in [9.17, 15) is 0 Å². The molecule has 3 nitrogen and oxygen atoms in total. The zero-order valence-corrected chi connectivity index (χ0v) is 41.9. The Morgan fingerprint density at radius 1 is 0.325 bits per heavy atom. The number of fused-ring (bicyclic) bond motifs is 18. The second kappa shape index (κ2) is 15.8. The molecule has 77 heavy (non-hydrogen) atoms. The molecule has 1 atom stereocenters. The van der Waals surface area contributed by atoms with E-state index in [1.54, 1.807) is 0 Å². The highest BCUT2D eigenvalue weighted by Gasteiger charge is 2.52. The van der Waals surface area contributed by atoms with Crippen LogP contribution < -0.4 is 4.90 Å². The highest BCUT2D eigenvalue weighted by molar-refractivity contribution is 6.14. The predicted molar refractivity (Wildman–Crippen MR) is 316 cm³/mol. The zero-order valence-electron chi connectivity index (χ0n) is 41.9. The Balaban J connectivity index is 0.969. The molecule has 1 spiro atoms. The van der Waals surface area contributed by atoms with E-state index < -0.39 is 10.8 Å². The van der Waals surface area contributed by atoms with E-state index in [2.05, 4.69) is 282 Å². The Bertz CT molecular complexity index is 4710. The molecule has 0 saturated carbocycles. The largest absolute Gasteiger partial charge is 0.455 e. The van der Waals surface area contributed by atoms with Crippen LogP contribution in [-0.4, -0.2) is 4.57 Å². The SMILES string of the molecule is c1ccc(C2(c3ccccc3)c3ccccc3-c3c(N(c4ccc(-c5cccc6c5oc5ccccc56)cc4)c4cccc5c4-c4ccccc4C54c5ccccc5-n5c6ccccc6c6cccc4c65)cccc32)cc1. The van der Waals surface area contributed by atoms with Gasteiger partial charge in [0.05, 0.1) is 38.9 Å². The molecule has 17 rings (SSSR count). The minimum atomic E-state index is -0.621. The first-order valence-corrected chi connectivity index (χ1v) is 26.8. The molecule has 1 aliphatic heterocycles. The number of hydrogen-bond donors (Lipinski definition) is 0. The predicted octanol–water partition coefficient (Wildman–Crippen LogP) is 18.9. The van der Waals surface area contributed by atoms with Gasteiger partial charge in [-0.05, 0) is 104 Å². The topological polar surface area (TPSA) is 21.3 Å². The van der Waals surface area contributed by atoms with Crippen molar-refractivity contribution < 1.29 is 4.42 Å². The molecule has 358 valence electrons. The molecule has 3 heteroatoms. The van der Waals surface area contributed by atoms with Gasteiger partial charge in [-0.2, -0.15) is 0 Å². The average Bonchev–Trinajstić information content (AvgIpc) is 3.87. The normalized spacial score (nSPS) is 15.2. The molecule has 1 unspecified atom stereocenters. The van der Waals surface area contributed by atoms with Gasteiger partial charge in [0, 0.05) is 43.9 Å². The summed E-state index contributed by atoms with van der Waals surface area (Å²) in [6, 6.07) is 104. The Labute approximate surface area is 445 Å². The Kier molecular flexibility index (Phi) is 8.69. The van der Waals surface area contributed by atoms with Crippen molar-refractivity contribution in [1.82, 2.24) is 4.57 Å². The number of aromatic nitrogens is 1. The number of hydrogen-bond acceptors (Lipinski definition) is 2. The van der Waals surface area contributed by atoms with Crippen LogP contribution in [-0.2, 0) is 10.8 Å². The number of rotatable bonds is 6. The molecule has 0 radical (unpaired) electrons. The lowest BCUT2D eigenvalue weighted by molar-refractivity contribution is 0.670. The number of para-hydroxylation sites is 5. The first-order chi connectivity index (χ1) is 38.2. The lowest BCUT2D eigenvalue weighted by atomic mass is 9.65. The molecule has 2 aromatic heterocycles. The molecule has 0 N–H and O–H groups in total. The molecule has 12 aromatic carbocycles. The minimum absolute atomic E-state index is 0.580. The fourth-order valence-electron chi connectivity index (χ4n) is 14.6. The van der Waals surface area contributed by atoms with Gasteiger partial charge >= 0.3 is 0 Å². The van der Waals surface area contributed by atoms with Crippen LogP contribution in [0.4, 0.5) is 17.1 Å². The fourth-order valence-corrected chi connectivity index (χ4v) is 14.6. The fraction of sp³-hybridized carbons (Fsp3) is 0.0270. The third kappa shape index (κ3) is 5.44. The quantitative estimate of drug-likeness (QED) is 0.166. The van der Waals surface area contributed by atoms with E-state index in [1.807, 2.05) is 6.07 Å². The van der Waals surface area contributed by atoms with E-state index in [4.69, 9.17) is 4.42 Å². The summed E-state index contributed by atoms with van der Waals surface area (Å²) in [5.74, 6) is 0. The van der Waals surface area contributed by atoms with Gasteiger partial charge in [-0.3, -0.25) is 0 Å². The van der Waals surface area contributed by atoms with Gasteiger partial charge in [-0.25, -0.2) is 0 Å². The van der Waals surface area contributed by atoms with Crippen LogP contribution >= 0.6 is 0 Å². The van der Waals surface area contributed by atoms with Crippen molar-refractivity contribution in [3.05, 3.63) is 324 Å². The lowest BCUT2D eigenvalue weighted by Crippen LogP contribution is -2.33. The number of furan rings is 1. The monoisotopic (exact) mass is 978 g/mol. The van der Waals surface area contributed by atoms with Crippen LogP contribution in [0.2, 0.25) is 0 Å². The first-order valence-electron chi connectivity index (χ1n) is 26.8. The van der Waals surface area contributed by atoms with Gasteiger partial charge in [-0.15, -0.1) is 0 Å². The summed E-state index contributed by atoms with van der Waals surface area (Å²) in [6.07, 6.45) is 0. The molecule has 0 bridgehead atoms. The summed E-state index contributed by atoms with van der Waals surface area (Å²) in [5, 5.41) is 4.79. The second-order valence-electron chi connectivity index (χ2n) is 21.0. The third-order valence-corrected chi connectivity index (χ3v) is 17.5. The van der Waals surface area contributed by atoms with E-state index in [0.717, 1.165) is 50.1 Å². The zero-order chi connectivity index (χ0) is 50.4. The van der Waals surface area contributed by atoms with Crippen molar-refractivity contribution in [2.24, 2.45) is 0 Å². The second-order valence-corrected chi connectivity index (χ2v) is 21.0. The van der Waals surface area contributed by atoms with Crippen molar-refractivity contribution in [3.63, 3.8) is 0 Å². The van der Waals surface area contributed by atoms with Crippen molar-refractivity contribution in [1.29, 1.82) is 0 Å². The maximum absolute atomic E-state index is 6.64. The summed E-state index contributed by atoms with van der Waals surface area (Å²) in [4.78, 5) is 2.58. The molecule has 0 amide bonds. The van der Waals surface area contributed by atoms with Crippen LogP contribution in [0.1, 0.15) is 44.5 Å². The summed E-state index contributed by atoms with van der Waals surface area (Å²) in [7, 11) is 0. The maximum Gasteiger partial charge on any atom is 0.143 e. The maximum atomic E-state index is 6.64. The van der Waals surface area contributed by atoms with Gasteiger partial charge in [-0.1, -0.05) is 237 Å². The van der Waals surface area contributed by atoms with Gasteiger partial charge < -0.3 is 13.9 Å². The molecule has 0 saturated heterocycles. The van der Waals surface area contributed by atoms with Crippen molar-refractivity contribution in [2.75, 3.05) is 4.90 Å². The Hall–Kier alpha value is -9.96. The van der Waals surface area contributed by atoms with Crippen LogP contribution in [0.5, 0.6) is 0 Å². The van der Waals surface area contributed by atoms with Gasteiger partial charge in [0.15, 0.2) is 0 Å².